The number of fused-ring (bicyclic) bond motifs is 1. The summed E-state index contributed by atoms with van der Waals surface area (Å²) in [7, 11) is 0. The van der Waals surface area contributed by atoms with Gasteiger partial charge in [-0.15, -0.1) is 0 Å². The maximum atomic E-state index is 13.3. The molecule has 0 bridgehead atoms. The molecule has 1 heterocycles. The van der Waals surface area contributed by atoms with Crippen LogP contribution < -0.4 is 15.6 Å². The largest absolute Gasteiger partial charge is 0.481 e. The van der Waals surface area contributed by atoms with Gasteiger partial charge >= 0.3 is 0 Å². The Labute approximate surface area is 235 Å². The molecule has 0 aliphatic heterocycles. The molecule has 1 aromatic heterocycles. The van der Waals surface area contributed by atoms with Crippen LogP contribution in [-0.2, 0) is 4.79 Å². The van der Waals surface area contributed by atoms with E-state index in [1.54, 1.807) is 36.4 Å². The van der Waals surface area contributed by atoms with Crippen molar-refractivity contribution in [1.29, 1.82) is 0 Å². The summed E-state index contributed by atoms with van der Waals surface area (Å²) in [5.74, 6) is -0.303. The molecular formula is C29H19BrClFN4O3. The van der Waals surface area contributed by atoms with E-state index < -0.39 is 11.7 Å². The van der Waals surface area contributed by atoms with Gasteiger partial charge in [0, 0.05) is 11.3 Å². The SMILES string of the molecule is O=C(COc1c(Cl)cc(C=Nn2c(-c3ccccc3)nc3ccccc3c2=O)cc1Br)Nc1cccc(F)c1. The third-order valence-corrected chi connectivity index (χ3v) is 6.45. The monoisotopic (exact) mass is 604 g/mol. The fourth-order valence-corrected chi connectivity index (χ4v) is 4.81. The van der Waals surface area contributed by atoms with Crippen LogP contribution in [-0.4, -0.2) is 28.4 Å². The molecule has 0 saturated carbocycles. The molecule has 0 radical (unpaired) electrons. The minimum atomic E-state index is -0.481. The van der Waals surface area contributed by atoms with Crippen molar-refractivity contribution in [2.45, 2.75) is 0 Å². The number of anilines is 1. The average Bonchev–Trinajstić information content (AvgIpc) is 2.92. The fourth-order valence-electron chi connectivity index (χ4n) is 3.82. The molecule has 5 aromatic rings. The Bertz CT molecular complexity index is 1750. The van der Waals surface area contributed by atoms with Crippen LogP contribution in [0.2, 0.25) is 5.02 Å². The van der Waals surface area contributed by atoms with Gasteiger partial charge < -0.3 is 10.1 Å². The van der Waals surface area contributed by atoms with Gasteiger partial charge in [-0.05, 0) is 64.0 Å². The maximum Gasteiger partial charge on any atom is 0.282 e. The van der Waals surface area contributed by atoms with Gasteiger partial charge in [0.1, 0.15) is 5.82 Å². The zero-order valence-corrected chi connectivity index (χ0v) is 22.5. The van der Waals surface area contributed by atoms with Gasteiger partial charge in [0.15, 0.2) is 18.2 Å². The Kier molecular flexibility index (Phi) is 7.81. The van der Waals surface area contributed by atoms with Crippen molar-refractivity contribution in [2.75, 3.05) is 11.9 Å². The summed E-state index contributed by atoms with van der Waals surface area (Å²) >= 11 is 9.85. The number of rotatable bonds is 7. The zero-order valence-electron chi connectivity index (χ0n) is 20.1. The van der Waals surface area contributed by atoms with Crippen LogP contribution in [0.3, 0.4) is 0 Å². The van der Waals surface area contributed by atoms with Gasteiger partial charge in [-0.25, -0.2) is 9.37 Å². The number of para-hydroxylation sites is 1. The van der Waals surface area contributed by atoms with E-state index in [4.69, 9.17) is 16.3 Å². The highest BCUT2D eigenvalue weighted by atomic mass is 79.9. The molecule has 1 N–H and O–H groups in total. The maximum absolute atomic E-state index is 13.3. The first-order valence-electron chi connectivity index (χ1n) is 11.7. The molecule has 0 aliphatic carbocycles. The standard InChI is InChI=1S/C29H19BrClFN4O3/c30-23-13-18(14-24(31)27(23)39-17-26(37)34-21-10-6-9-20(32)15-21)16-33-36-28(19-7-2-1-3-8-19)35-25-12-5-4-11-22(25)29(36)38/h1-16H,17H2,(H,34,37). The Hall–Kier alpha value is -4.34. The van der Waals surface area contributed by atoms with E-state index in [1.165, 1.54) is 29.1 Å². The van der Waals surface area contributed by atoms with Crippen molar-refractivity contribution in [3.05, 3.63) is 122 Å². The average molecular weight is 606 g/mol. The van der Waals surface area contributed by atoms with Gasteiger partial charge in [-0.2, -0.15) is 9.78 Å². The van der Waals surface area contributed by atoms with Crippen molar-refractivity contribution in [1.82, 2.24) is 9.66 Å². The van der Waals surface area contributed by atoms with E-state index in [9.17, 15) is 14.0 Å². The highest BCUT2D eigenvalue weighted by molar-refractivity contribution is 9.10. The summed E-state index contributed by atoms with van der Waals surface area (Å²) < 4.78 is 20.7. The number of amides is 1. The number of carbonyl (C=O) groups is 1. The van der Waals surface area contributed by atoms with Crippen LogP contribution in [0.25, 0.3) is 22.3 Å². The Morgan fingerprint density at radius 2 is 1.82 bits per heavy atom. The van der Waals surface area contributed by atoms with Gasteiger partial charge in [0.2, 0.25) is 0 Å². The number of hydrogen-bond acceptors (Lipinski definition) is 5. The number of nitrogens with one attached hydrogen (secondary N) is 1. The lowest BCUT2D eigenvalue weighted by molar-refractivity contribution is -0.118. The highest BCUT2D eigenvalue weighted by Gasteiger charge is 2.14. The normalized spacial score (nSPS) is 11.2. The lowest BCUT2D eigenvalue weighted by atomic mass is 10.2. The number of aromatic nitrogens is 2. The summed E-state index contributed by atoms with van der Waals surface area (Å²) in [6, 6.07) is 25.2. The van der Waals surface area contributed by atoms with Crippen molar-refractivity contribution >= 4 is 56.2 Å². The molecule has 1 amide bonds. The third kappa shape index (κ3) is 6.05. The second-order valence-corrected chi connectivity index (χ2v) is 9.60. The topological polar surface area (TPSA) is 85.6 Å². The summed E-state index contributed by atoms with van der Waals surface area (Å²) in [5.41, 5.74) is 1.87. The van der Waals surface area contributed by atoms with Gasteiger partial charge in [-0.3, -0.25) is 9.59 Å². The van der Waals surface area contributed by atoms with E-state index in [2.05, 4.69) is 31.3 Å². The molecule has 0 atom stereocenters. The number of hydrogen-bond donors (Lipinski definition) is 1. The van der Waals surface area contributed by atoms with Crippen LogP contribution in [0.5, 0.6) is 5.75 Å². The number of halogens is 3. The predicted molar refractivity (Wildman–Crippen MR) is 154 cm³/mol. The van der Waals surface area contributed by atoms with E-state index >= 15 is 0 Å². The molecule has 39 heavy (non-hydrogen) atoms. The quantitative estimate of drug-likeness (QED) is 0.214. The number of carbonyl (C=O) groups excluding carboxylic acids is 1. The first-order valence-corrected chi connectivity index (χ1v) is 12.8. The molecular weight excluding hydrogens is 587 g/mol. The summed E-state index contributed by atoms with van der Waals surface area (Å²) in [5, 5.41) is 7.66. The van der Waals surface area contributed by atoms with E-state index in [0.29, 0.717) is 32.5 Å². The molecule has 4 aromatic carbocycles. The van der Waals surface area contributed by atoms with Crippen LogP contribution >= 0.6 is 27.5 Å². The Morgan fingerprint density at radius 3 is 2.59 bits per heavy atom. The van der Waals surface area contributed by atoms with Crippen LogP contribution in [0.15, 0.2) is 105 Å². The van der Waals surface area contributed by atoms with E-state index in [1.807, 2.05) is 36.4 Å². The summed E-state index contributed by atoms with van der Waals surface area (Å²) in [6.45, 7) is -0.346. The molecule has 10 heteroatoms. The fraction of sp³-hybridized carbons (Fsp3) is 0.0345. The molecule has 0 spiro atoms. The lowest BCUT2D eigenvalue weighted by Gasteiger charge is -2.12. The zero-order chi connectivity index (χ0) is 27.4. The second kappa shape index (κ2) is 11.6. The lowest BCUT2D eigenvalue weighted by Crippen LogP contribution is -2.20. The number of benzene rings is 4. The molecule has 0 saturated heterocycles. The number of nitrogens with zero attached hydrogens (tertiary/aromatic N) is 3. The molecule has 194 valence electrons. The first kappa shape index (κ1) is 26.3. The molecule has 5 rings (SSSR count). The Morgan fingerprint density at radius 1 is 1.05 bits per heavy atom. The van der Waals surface area contributed by atoms with E-state index in [-0.39, 0.29) is 22.9 Å². The van der Waals surface area contributed by atoms with Gasteiger partial charge in [-0.1, -0.05) is 60.1 Å². The minimum Gasteiger partial charge on any atom is -0.481 e. The van der Waals surface area contributed by atoms with Crippen molar-refractivity contribution in [3.8, 4) is 17.1 Å². The smallest absolute Gasteiger partial charge is 0.282 e. The Balaban J connectivity index is 1.40. The third-order valence-electron chi connectivity index (χ3n) is 5.58. The van der Waals surface area contributed by atoms with Gasteiger partial charge in [0.25, 0.3) is 11.5 Å². The first-order chi connectivity index (χ1) is 18.9. The predicted octanol–water partition coefficient (Wildman–Crippen LogP) is 6.52. The van der Waals surface area contributed by atoms with Crippen LogP contribution in [0.1, 0.15) is 5.56 Å². The van der Waals surface area contributed by atoms with Gasteiger partial charge in [0.05, 0.1) is 26.6 Å². The molecule has 0 fully saturated rings. The molecule has 7 nitrogen and oxygen atoms in total. The van der Waals surface area contributed by atoms with E-state index in [0.717, 1.165) is 5.56 Å². The van der Waals surface area contributed by atoms with Crippen LogP contribution in [0, 0.1) is 5.82 Å². The summed E-state index contributed by atoms with van der Waals surface area (Å²) in [6.07, 6.45) is 1.49. The molecule has 0 unspecified atom stereocenters. The van der Waals surface area contributed by atoms with Crippen molar-refractivity contribution < 1.29 is 13.9 Å². The van der Waals surface area contributed by atoms with Crippen molar-refractivity contribution in [3.63, 3.8) is 0 Å². The second-order valence-electron chi connectivity index (χ2n) is 8.34. The highest BCUT2D eigenvalue weighted by Crippen LogP contribution is 2.34. The minimum absolute atomic E-state index is 0.219. The van der Waals surface area contributed by atoms with Crippen LogP contribution in [0.4, 0.5) is 10.1 Å². The summed E-state index contributed by atoms with van der Waals surface area (Å²) in [4.78, 5) is 30.2. The van der Waals surface area contributed by atoms with Crippen molar-refractivity contribution in [2.24, 2.45) is 5.10 Å². The number of ether oxygens (including phenoxy) is 1. The molecule has 0 aliphatic rings.